The fraction of sp³-hybridized carbons (Fsp3) is 1.00. The van der Waals surface area contributed by atoms with E-state index in [2.05, 4.69) is 6.92 Å². The van der Waals surface area contributed by atoms with E-state index < -0.39 is 0 Å². The van der Waals surface area contributed by atoms with Gasteiger partial charge in [0.05, 0.1) is 24.9 Å². The van der Waals surface area contributed by atoms with E-state index in [0.29, 0.717) is 18.3 Å². The minimum absolute atomic E-state index is 0.302. The molecule has 2 fully saturated rings. The van der Waals surface area contributed by atoms with E-state index in [4.69, 9.17) is 9.47 Å². The van der Waals surface area contributed by atoms with Crippen molar-refractivity contribution >= 4 is 0 Å². The molecule has 12 heavy (non-hydrogen) atoms. The molecule has 2 aliphatic carbocycles. The first-order valence-corrected chi connectivity index (χ1v) is 5.11. The van der Waals surface area contributed by atoms with Gasteiger partial charge in [-0.3, -0.25) is 0 Å². The Balaban J connectivity index is 1.52. The molecule has 0 saturated heterocycles. The Labute approximate surface area is 74.2 Å². The van der Waals surface area contributed by atoms with Gasteiger partial charge in [0, 0.05) is 0 Å². The van der Waals surface area contributed by atoms with E-state index in [-0.39, 0.29) is 0 Å². The molecule has 0 amide bonds. The summed E-state index contributed by atoms with van der Waals surface area (Å²) < 4.78 is 11.3. The van der Waals surface area contributed by atoms with Crippen molar-refractivity contribution in [3.05, 3.63) is 0 Å². The van der Waals surface area contributed by atoms with E-state index in [1.807, 2.05) is 0 Å². The van der Waals surface area contributed by atoms with Crippen LogP contribution in [-0.2, 0) is 9.47 Å². The van der Waals surface area contributed by atoms with Crippen molar-refractivity contribution in [3.63, 3.8) is 0 Å². The summed E-state index contributed by atoms with van der Waals surface area (Å²) in [5.74, 6) is 0. The molecule has 2 aliphatic rings. The highest BCUT2D eigenvalue weighted by molar-refractivity contribution is 4.74. The molecule has 0 aliphatic heterocycles. The molecule has 0 aromatic carbocycles. The number of ether oxygens (including phenoxy) is 2. The van der Waals surface area contributed by atoms with Crippen molar-refractivity contribution in [2.75, 3.05) is 6.61 Å². The van der Waals surface area contributed by atoms with Gasteiger partial charge >= 0.3 is 0 Å². The smallest absolute Gasteiger partial charge is 0.0784 e. The van der Waals surface area contributed by atoms with Crippen LogP contribution >= 0.6 is 0 Å². The second kappa shape index (κ2) is 3.75. The highest BCUT2D eigenvalue weighted by atomic mass is 16.5. The average Bonchev–Trinajstić information content (AvgIpc) is 2.76. The summed E-state index contributed by atoms with van der Waals surface area (Å²) in [4.78, 5) is 0. The van der Waals surface area contributed by atoms with Gasteiger partial charge in [-0.05, 0) is 39.0 Å². The molecule has 2 nitrogen and oxygen atoms in total. The molecular weight excluding hydrogens is 152 g/mol. The summed E-state index contributed by atoms with van der Waals surface area (Å²) in [5, 5.41) is 0. The molecule has 0 N–H and O–H groups in total. The van der Waals surface area contributed by atoms with Gasteiger partial charge in [0.1, 0.15) is 0 Å². The number of hydrogen-bond acceptors (Lipinski definition) is 2. The van der Waals surface area contributed by atoms with Crippen LogP contribution in [0.1, 0.15) is 39.0 Å². The van der Waals surface area contributed by atoms with Crippen LogP contribution in [0.4, 0.5) is 0 Å². The summed E-state index contributed by atoms with van der Waals surface area (Å²) in [6.45, 7) is 2.90. The fourth-order valence-electron chi connectivity index (χ4n) is 1.38. The molecule has 2 rings (SSSR count). The predicted octanol–water partition coefficient (Wildman–Crippen LogP) is 2.12. The first-order chi connectivity index (χ1) is 5.84. The monoisotopic (exact) mass is 170 g/mol. The Morgan fingerprint density at radius 3 is 2.42 bits per heavy atom. The molecular formula is C10H18O2. The molecule has 0 heterocycles. The Bertz CT molecular complexity index is 139. The zero-order chi connectivity index (χ0) is 8.39. The van der Waals surface area contributed by atoms with Crippen LogP contribution in [0.2, 0.25) is 0 Å². The number of hydrogen-bond donors (Lipinski definition) is 0. The molecule has 1 atom stereocenters. The lowest BCUT2D eigenvalue weighted by Crippen LogP contribution is -2.29. The van der Waals surface area contributed by atoms with Crippen molar-refractivity contribution in [3.8, 4) is 0 Å². The molecule has 2 saturated carbocycles. The van der Waals surface area contributed by atoms with E-state index in [9.17, 15) is 0 Å². The van der Waals surface area contributed by atoms with Gasteiger partial charge in [0.2, 0.25) is 0 Å². The molecule has 0 radical (unpaired) electrons. The molecule has 1 unspecified atom stereocenters. The quantitative estimate of drug-likeness (QED) is 0.629. The second-order valence-electron chi connectivity index (χ2n) is 4.03. The van der Waals surface area contributed by atoms with Gasteiger partial charge in [-0.15, -0.1) is 0 Å². The van der Waals surface area contributed by atoms with E-state index in [1.54, 1.807) is 0 Å². The molecule has 0 bridgehead atoms. The van der Waals surface area contributed by atoms with Crippen molar-refractivity contribution in [1.82, 2.24) is 0 Å². The van der Waals surface area contributed by atoms with Crippen molar-refractivity contribution < 1.29 is 9.47 Å². The maximum Gasteiger partial charge on any atom is 0.0784 e. The maximum absolute atomic E-state index is 5.74. The van der Waals surface area contributed by atoms with Crippen molar-refractivity contribution in [2.24, 2.45) is 0 Å². The molecule has 0 spiro atoms. The summed E-state index contributed by atoms with van der Waals surface area (Å²) in [5.41, 5.74) is 0. The van der Waals surface area contributed by atoms with Crippen LogP contribution in [0.5, 0.6) is 0 Å². The van der Waals surface area contributed by atoms with Crippen LogP contribution < -0.4 is 0 Å². The third kappa shape index (κ3) is 2.46. The predicted molar refractivity (Wildman–Crippen MR) is 47.2 cm³/mol. The van der Waals surface area contributed by atoms with Gasteiger partial charge in [-0.2, -0.15) is 0 Å². The summed E-state index contributed by atoms with van der Waals surface area (Å²) >= 11 is 0. The first-order valence-electron chi connectivity index (χ1n) is 5.11. The van der Waals surface area contributed by atoms with Crippen LogP contribution in [0.25, 0.3) is 0 Å². The summed E-state index contributed by atoms with van der Waals surface area (Å²) in [7, 11) is 0. The highest BCUT2D eigenvalue weighted by Gasteiger charge is 2.24. The maximum atomic E-state index is 5.74. The molecule has 0 aromatic rings. The zero-order valence-corrected chi connectivity index (χ0v) is 7.79. The lowest BCUT2D eigenvalue weighted by Gasteiger charge is -2.28. The topological polar surface area (TPSA) is 18.5 Å². The number of rotatable bonds is 5. The Morgan fingerprint density at radius 1 is 1.17 bits per heavy atom. The third-order valence-electron chi connectivity index (χ3n) is 2.57. The minimum Gasteiger partial charge on any atom is -0.376 e. The van der Waals surface area contributed by atoms with Crippen LogP contribution in [-0.4, -0.2) is 24.9 Å². The molecule has 2 heteroatoms. The largest absolute Gasteiger partial charge is 0.376 e. The Hall–Kier alpha value is -0.0800. The van der Waals surface area contributed by atoms with Gasteiger partial charge in [0.25, 0.3) is 0 Å². The highest BCUT2D eigenvalue weighted by Crippen LogP contribution is 2.26. The molecule has 70 valence electrons. The van der Waals surface area contributed by atoms with E-state index >= 15 is 0 Å². The van der Waals surface area contributed by atoms with Crippen LogP contribution in [0.15, 0.2) is 0 Å². The standard InChI is InChI=1S/C10H18O2/c1-8(7-11-9-5-6-9)12-10-3-2-4-10/h8-10H,2-7H2,1H3. The molecule has 0 aromatic heterocycles. The first kappa shape index (κ1) is 8.52. The van der Waals surface area contributed by atoms with Crippen molar-refractivity contribution in [1.29, 1.82) is 0 Å². The lowest BCUT2D eigenvalue weighted by atomic mass is 9.96. The van der Waals surface area contributed by atoms with Crippen LogP contribution in [0, 0.1) is 0 Å². The minimum atomic E-state index is 0.302. The van der Waals surface area contributed by atoms with Gasteiger partial charge in [-0.25, -0.2) is 0 Å². The fourth-order valence-corrected chi connectivity index (χ4v) is 1.38. The average molecular weight is 170 g/mol. The Morgan fingerprint density at radius 2 is 1.92 bits per heavy atom. The van der Waals surface area contributed by atoms with Gasteiger partial charge in [-0.1, -0.05) is 0 Å². The normalized spacial score (nSPS) is 26.8. The summed E-state index contributed by atoms with van der Waals surface area (Å²) in [6, 6.07) is 0. The second-order valence-corrected chi connectivity index (χ2v) is 4.03. The van der Waals surface area contributed by atoms with E-state index in [0.717, 1.165) is 6.61 Å². The third-order valence-corrected chi connectivity index (χ3v) is 2.57. The van der Waals surface area contributed by atoms with Gasteiger partial charge in [0.15, 0.2) is 0 Å². The Kier molecular flexibility index (Phi) is 2.66. The lowest BCUT2D eigenvalue weighted by molar-refractivity contribution is -0.0785. The van der Waals surface area contributed by atoms with E-state index in [1.165, 1.54) is 32.1 Å². The summed E-state index contributed by atoms with van der Waals surface area (Å²) in [6.07, 6.45) is 7.80. The SMILES string of the molecule is CC(COC1CC1)OC1CCC1. The van der Waals surface area contributed by atoms with Crippen LogP contribution in [0.3, 0.4) is 0 Å². The van der Waals surface area contributed by atoms with Gasteiger partial charge < -0.3 is 9.47 Å². The zero-order valence-electron chi connectivity index (χ0n) is 7.79. The van der Waals surface area contributed by atoms with Crippen molar-refractivity contribution in [2.45, 2.75) is 57.3 Å².